The fourth-order valence-electron chi connectivity index (χ4n) is 1.68. The predicted molar refractivity (Wildman–Crippen MR) is 77.7 cm³/mol. The number of hydrogen-bond donors (Lipinski definition) is 1. The standard InChI is InChI=1S/C13H19N5OS/c1-10-6-11(7-14-4-5-19-3)8-15-12(10)20-13-17-16-9-18(13)2/h6,8-9,14H,4-5,7H2,1-3H3. The number of hydrogen-bond acceptors (Lipinski definition) is 6. The minimum atomic E-state index is 0.715. The Labute approximate surface area is 123 Å². The van der Waals surface area contributed by atoms with Crippen molar-refractivity contribution in [1.82, 2.24) is 25.1 Å². The van der Waals surface area contributed by atoms with E-state index in [0.717, 1.165) is 28.8 Å². The van der Waals surface area contributed by atoms with E-state index in [1.54, 1.807) is 13.4 Å². The van der Waals surface area contributed by atoms with Crippen molar-refractivity contribution in [1.29, 1.82) is 0 Å². The van der Waals surface area contributed by atoms with Gasteiger partial charge >= 0.3 is 0 Å². The monoisotopic (exact) mass is 293 g/mol. The van der Waals surface area contributed by atoms with Crippen molar-refractivity contribution in [3.8, 4) is 0 Å². The maximum absolute atomic E-state index is 5.00. The molecule has 0 amide bonds. The molecule has 0 fully saturated rings. The summed E-state index contributed by atoms with van der Waals surface area (Å²) in [5.74, 6) is 0. The van der Waals surface area contributed by atoms with E-state index in [2.05, 4.69) is 33.5 Å². The van der Waals surface area contributed by atoms with Crippen LogP contribution in [0.4, 0.5) is 0 Å². The molecule has 0 aliphatic heterocycles. The molecule has 2 heterocycles. The van der Waals surface area contributed by atoms with Crippen LogP contribution < -0.4 is 5.32 Å². The van der Waals surface area contributed by atoms with E-state index in [-0.39, 0.29) is 0 Å². The predicted octanol–water partition coefficient (Wildman–Crippen LogP) is 1.41. The van der Waals surface area contributed by atoms with Gasteiger partial charge in [-0.2, -0.15) is 0 Å². The lowest BCUT2D eigenvalue weighted by atomic mass is 10.2. The van der Waals surface area contributed by atoms with Crippen molar-refractivity contribution in [2.45, 2.75) is 23.7 Å². The fraction of sp³-hybridized carbons (Fsp3) is 0.462. The van der Waals surface area contributed by atoms with Gasteiger partial charge < -0.3 is 14.6 Å². The molecule has 0 aliphatic carbocycles. The molecule has 0 saturated heterocycles. The summed E-state index contributed by atoms with van der Waals surface area (Å²) in [5, 5.41) is 13.0. The molecule has 108 valence electrons. The van der Waals surface area contributed by atoms with Gasteiger partial charge in [-0.1, -0.05) is 6.07 Å². The Bertz CT molecular complexity index is 557. The first kappa shape index (κ1) is 15.0. The molecule has 2 aromatic heterocycles. The van der Waals surface area contributed by atoms with Crippen molar-refractivity contribution < 1.29 is 4.74 Å². The molecule has 0 aliphatic rings. The zero-order chi connectivity index (χ0) is 14.4. The van der Waals surface area contributed by atoms with Gasteiger partial charge in [-0.3, -0.25) is 0 Å². The molecule has 0 saturated carbocycles. The second kappa shape index (κ2) is 7.37. The van der Waals surface area contributed by atoms with E-state index in [1.165, 1.54) is 17.3 Å². The summed E-state index contributed by atoms with van der Waals surface area (Å²) in [6, 6.07) is 2.14. The smallest absolute Gasteiger partial charge is 0.197 e. The van der Waals surface area contributed by atoms with Crippen LogP contribution in [0.5, 0.6) is 0 Å². The third-order valence-corrected chi connectivity index (χ3v) is 3.93. The van der Waals surface area contributed by atoms with E-state index in [4.69, 9.17) is 4.74 Å². The van der Waals surface area contributed by atoms with Gasteiger partial charge in [0.15, 0.2) is 5.16 Å². The number of pyridine rings is 1. The van der Waals surface area contributed by atoms with Crippen LogP contribution in [0.15, 0.2) is 28.8 Å². The number of methoxy groups -OCH3 is 1. The van der Waals surface area contributed by atoms with Gasteiger partial charge in [-0.05, 0) is 29.8 Å². The first-order chi connectivity index (χ1) is 9.70. The van der Waals surface area contributed by atoms with Gasteiger partial charge in [-0.15, -0.1) is 10.2 Å². The Morgan fingerprint density at radius 1 is 1.45 bits per heavy atom. The summed E-state index contributed by atoms with van der Waals surface area (Å²) >= 11 is 1.53. The molecule has 7 heteroatoms. The summed E-state index contributed by atoms with van der Waals surface area (Å²) in [6.45, 7) is 4.41. The summed E-state index contributed by atoms with van der Waals surface area (Å²) in [5.41, 5.74) is 2.31. The summed E-state index contributed by atoms with van der Waals surface area (Å²) < 4.78 is 6.88. The molecule has 2 aromatic rings. The van der Waals surface area contributed by atoms with Gasteiger partial charge in [0.1, 0.15) is 11.4 Å². The van der Waals surface area contributed by atoms with Crippen molar-refractivity contribution in [3.05, 3.63) is 29.7 Å². The molecule has 0 spiro atoms. The first-order valence-electron chi connectivity index (χ1n) is 6.37. The molecule has 0 aromatic carbocycles. The molecule has 0 unspecified atom stereocenters. The Balaban J connectivity index is 1.97. The average molecular weight is 293 g/mol. The fourth-order valence-corrected chi connectivity index (χ4v) is 2.46. The average Bonchev–Trinajstić information content (AvgIpc) is 2.83. The molecular formula is C13H19N5OS. The molecule has 0 atom stereocenters. The maximum Gasteiger partial charge on any atom is 0.197 e. The number of nitrogens with one attached hydrogen (secondary N) is 1. The number of ether oxygens (including phenoxy) is 1. The van der Waals surface area contributed by atoms with Crippen LogP contribution in [0.2, 0.25) is 0 Å². The zero-order valence-electron chi connectivity index (χ0n) is 12.0. The first-order valence-corrected chi connectivity index (χ1v) is 7.19. The van der Waals surface area contributed by atoms with Crippen LogP contribution in [0.3, 0.4) is 0 Å². The number of rotatable bonds is 7. The highest BCUT2D eigenvalue weighted by Crippen LogP contribution is 2.26. The van der Waals surface area contributed by atoms with Gasteiger partial charge in [0.25, 0.3) is 0 Å². The summed E-state index contributed by atoms with van der Waals surface area (Å²) in [7, 11) is 3.62. The lowest BCUT2D eigenvalue weighted by Crippen LogP contribution is -2.18. The van der Waals surface area contributed by atoms with Crippen LogP contribution >= 0.6 is 11.8 Å². The quantitative estimate of drug-likeness (QED) is 0.779. The van der Waals surface area contributed by atoms with E-state index in [9.17, 15) is 0 Å². The van der Waals surface area contributed by atoms with Gasteiger partial charge in [0.05, 0.1) is 6.61 Å². The Hall–Kier alpha value is -1.44. The molecule has 20 heavy (non-hydrogen) atoms. The maximum atomic E-state index is 5.00. The van der Waals surface area contributed by atoms with E-state index < -0.39 is 0 Å². The lowest BCUT2D eigenvalue weighted by Gasteiger charge is -2.08. The molecule has 0 radical (unpaired) electrons. The lowest BCUT2D eigenvalue weighted by molar-refractivity contribution is 0.199. The number of aromatic nitrogens is 4. The molecule has 1 N–H and O–H groups in total. The van der Waals surface area contributed by atoms with Crippen LogP contribution in [0.1, 0.15) is 11.1 Å². The molecule has 0 bridgehead atoms. The van der Waals surface area contributed by atoms with Crippen molar-refractivity contribution in [3.63, 3.8) is 0 Å². The van der Waals surface area contributed by atoms with Crippen LogP contribution in [-0.2, 0) is 18.3 Å². The largest absolute Gasteiger partial charge is 0.383 e. The number of nitrogens with zero attached hydrogens (tertiary/aromatic N) is 4. The van der Waals surface area contributed by atoms with Crippen LogP contribution in [-0.4, -0.2) is 40.0 Å². The minimum Gasteiger partial charge on any atom is -0.383 e. The highest BCUT2D eigenvalue weighted by atomic mass is 32.2. The topological polar surface area (TPSA) is 64.9 Å². The third kappa shape index (κ3) is 4.03. The molecular weight excluding hydrogens is 274 g/mol. The Kier molecular flexibility index (Phi) is 5.51. The van der Waals surface area contributed by atoms with Crippen molar-refractivity contribution in [2.24, 2.45) is 7.05 Å². The summed E-state index contributed by atoms with van der Waals surface area (Å²) in [6.07, 6.45) is 3.58. The highest BCUT2D eigenvalue weighted by Gasteiger charge is 2.08. The van der Waals surface area contributed by atoms with Gasteiger partial charge in [0, 0.05) is 33.4 Å². The summed E-state index contributed by atoms with van der Waals surface area (Å²) in [4.78, 5) is 4.50. The Morgan fingerprint density at radius 2 is 2.30 bits per heavy atom. The van der Waals surface area contributed by atoms with Crippen molar-refractivity contribution in [2.75, 3.05) is 20.3 Å². The molecule has 2 rings (SSSR count). The zero-order valence-corrected chi connectivity index (χ0v) is 12.8. The van der Waals surface area contributed by atoms with Crippen LogP contribution in [0, 0.1) is 6.92 Å². The van der Waals surface area contributed by atoms with Gasteiger partial charge in [-0.25, -0.2) is 4.98 Å². The molecule has 6 nitrogen and oxygen atoms in total. The SMILES string of the molecule is COCCNCc1cnc(Sc2nncn2C)c(C)c1. The normalized spacial score (nSPS) is 10.9. The second-order valence-corrected chi connectivity index (χ2v) is 5.42. The van der Waals surface area contributed by atoms with Gasteiger partial charge in [0.2, 0.25) is 0 Å². The van der Waals surface area contributed by atoms with Crippen molar-refractivity contribution >= 4 is 11.8 Å². The highest BCUT2D eigenvalue weighted by molar-refractivity contribution is 7.99. The second-order valence-electron chi connectivity index (χ2n) is 4.46. The Morgan fingerprint density at radius 3 is 2.95 bits per heavy atom. The van der Waals surface area contributed by atoms with Crippen LogP contribution in [0.25, 0.3) is 0 Å². The van der Waals surface area contributed by atoms with E-state index in [0.29, 0.717) is 6.61 Å². The third-order valence-electron chi connectivity index (χ3n) is 2.76. The minimum absolute atomic E-state index is 0.715. The van der Waals surface area contributed by atoms with E-state index >= 15 is 0 Å². The van der Waals surface area contributed by atoms with E-state index in [1.807, 2.05) is 17.8 Å². The number of aryl methyl sites for hydroxylation is 2.